The fraction of sp³-hybridized carbons (Fsp3) is 0.300. The van der Waals surface area contributed by atoms with Gasteiger partial charge in [-0.05, 0) is 18.6 Å². The number of H-pyrrole nitrogens is 1. The van der Waals surface area contributed by atoms with Gasteiger partial charge in [0.15, 0.2) is 0 Å². The Bertz CT molecular complexity index is 597. The number of aromatic nitrogens is 3. The van der Waals surface area contributed by atoms with Gasteiger partial charge in [0.2, 0.25) is 0 Å². The van der Waals surface area contributed by atoms with E-state index in [1.807, 2.05) is 6.92 Å². The first-order valence-electron chi connectivity index (χ1n) is 4.82. The van der Waals surface area contributed by atoms with Crippen molar-refractivity contribution in [3.05, 3.63) is 39.2 Å². The van der Waals surface area contributed by atoms with Crippen molar-refractivity contribution in [3.8, 4) is 0 Å². The Morgan fingerprint density at radius 2 is 2.27 bits per heavy atom. The van der Waals surface area contributed by atoms with Gasteiger partial charge in [-0.25, -0.2) is 9.78 Å². The van der Waals surface area contributed by atoms with Crippen molar-refractivity contribution in [2.45, 2.75) is 19.9 Å². The minimum Gasteiger partial charge on any atom is -0.278 e. The largest absolute Gasteiger partial charge is 0.329 e. The van der Waals surface area contributed by atoms with Crippen LogP contribution in [0.15, 0.2) is 27.9 Å². The molecule has 0 saturated heterocycles. The van der Waals surface area contributed by atoms with E-state index in [-0.39, 0.29) is 5.56 Å². The van der Waals surface area contributed by atoms with E-state index in [0.29, 0.717) is 17.6 Å². The molecule has 0 aliphatic rings. The summed E-state index contributed by atoms with van der Waals surface area (Å²) in [4.78, 5) is 29.3. The number of pyridine rings is 1. The van der Waals surface area contributed by atoms with Gasteiger partial charge in [0.1, 0.15) is 5.65 Å². The van der Waals surface area contributed by atoms with Gasteiger partial charge in [-0.2, -0.15) is 0 Å². The summed E-state index contributed by atoms with van der Waals surface area (Å²) in [6, 6.07) is 3.34. The van der Waals surface area contributed by atoms with Crippen LogP contribution in [-0.2, 0) is 6.54 Å². The molecule has 0 atom stereocenters. The Balaban J connectivity index is 2.90. The van der Waals surface area contributed by atoms with Crippen LogP contribution < -0.4 is 11.2 Å². The van der Waals surface area contributed by atoms with Gasteiger partial charge in [0.05, 0.1) is 5.39 Å². The van der Waals surface area contributed by atoms with Crippen molar-refractivity contribution >= 4 is 11.0 Å². The normalized spacial score (nSPS) is 10.7. The Morgan fingerprint density at radius 1 is 1.47 bits per heavy atom. The maximum Gasteiger partial charge on any atom is 0.329 e. The molecule has 0 fully saturated rings. The maximum absolute atomic E-state index is 11.5. The lowest BCUT2D eigenvalue weighted by Gasteiger charge is -2.05. The van der Waals surface area contributed by atoms with Crippen LogP contribution in [0.4, 0.5) is 0 Å². The summed E-state index contributed by atoms with van der Waals surface area (Å²) in [6.45, 7) is 2.52. The first-order valence-corrected chi connectivity index (χ1v) is 4.82. The molecule has 0 saturated carbocycles. The van der Waals surface area contributed by atoms with Crippen molar-refractivity contribution in [1.82, 2.24) is 14.5 Å². The summed E-state index contributed by atoms with van der Waals surface area (Å²) in [5, 5.41) is 0.450. The Hall–Kier alpha value is -1.91. The van der Waals surface area contributed by atoms with Crippen molar-refractivity contribution in [2.24, 2.45) is 0 Å². The number of rotatable bonds is 2. The molecule has 0 bridgehead atoms. The molecule has 0 spiro atoms. The molecule has 0 amide bonds. The van der Waals surface area contributed by atoms with Crippen LogP contribution in [0.2, 0.25) is 0 Å². The van der Waals surface area contributed by atoms with E-state index in [9.17, 15) is 9.59 Å². The van der Waals surface area contributed by atoms with E-state index in [4.69, 9.17) is 0 Å². The fourth-order valence-corrected chi connectivity index (χ4v) is 1.55. The topological polar surface area (TPSA) is 67.8 Å². The van der Waals surface area contributed by atoms with E-state index >= 15 is 0 Å². The number of aromatic amines is 1. The number of nitrogens with one attached hydrogen (secondary N) is 1. The molecule has 0 radical (unpaired) electrons. The van der Waals surface area contributed by atoms with Crippen LogP contribution in [0, 0.1) is 0 Å². The van der Waals surface area contributed by atoms with E-state index in [1.54, 1.807) is 18.3 Å². The Morgan fingerprint density at radius 3 is 3.00 bits per heavy atom. The van der Waals surface area contributed by atoms with Gasteiger partial charge in [-0.1, -0.05) is 6.92 Å². The molecule has 2 aromatic rings. The zero-order valence-corrected chi connectivity index (χ0v) is 8.36. The van der Waals surface area contributed by atoms with Gasteiger partial charge in [0, 0.05) is 12.7 Å². The number of hydrogen-bond donors (Lipinski definition) is 1. The SMILES string of the molecule is CCCn1c(=O)[nH]c(=O)c2cccnc21. The summed E-state index contributed by atoms with van der Waals surface area (Å²) >= 11 is 0. The standard InChI is InChI=1S/C10H11N3O2/c1-2-6-13-8-7(4-3-5-11-8)9(14)12-10(13)15/h3-5H,2,6H2,1H3,(H,12,14,15). The summed E-state index contributed by atoms with van der Waals surface area (Å²) in [7, 11) is 0. The third-order valence-electron chi connectivity index (χ3n) is 2.20. The van der Waals surface area contributed by atoms with E-state index in [0.717, 1.165) is 6.42 Å². The van der Waals surface area contributed by atoms with Gasteiger partial charge < -0.3 is 0 Å². The van der Waals surface area contributed by atoms with E-state index in [1.165, 1.54) is 4.57 Å². The highest BCUT2D eigenvalue weighted by Gasteiger charge is 2.06. The predicted molar refractivity (Wildman–Crippen MR) is 56.9 cm³/mol. The number of nitrogens with zero attached hydrogens (tertiary/aromatic N) is 2. The lowest BCUT2D eigenvalue weighted by molar-refractivity contribution is 0.651. The maximum atomic E-state index is 11.5. The summed E-state index contributed by atoms with van der Waals surface area (Å²) in [5.41, 5.74) is -0.323. The molecule has 78 valence electrons. The van der Waals surface area contributed by atoms with Crippen LogP contribution >= 0.6 is 0 Å². The van der Waals surface area contributed by atoms with Crippen molar-refractivity contribution in [1.29, 1.82) is 0 Å². The lowest BCUT2D eigenvalue weighted by Crippen LogP contribution is -2.30. The van der Waals surface area contributed by atoms with E-state index < -0.39 is 5.69 Å². The van der Waals surface area contributed by atoms with Crippen LogP contribution in [0.1, 0.15) is 13.3 Å². The van der Waals surface area contributed by atoms with Gasteiger partial charge in [0.25, 0.3) is 5.56 Å². The minimum atomic E-state index is -0.395. The highest BCUT2D eigenvalue weighted by molar-refractivity contribution is 5.73. The number of aryl methyl sites for hydroxylation is 1. The summed E-state index contributed by atoms with van der Waals surface area (Å²) in [5.74, 6) is 0. The molecule has 0 unspecified atom stereocenters. The smallest absolute Gasteiger partial charge is 0.278 e. The van der Waals surface area contributed by atoms with Gasteiger partial charge in [-0.15, -0.1) is 0 Å². The van der Waals surface area contributed by atoms with Crippen LogP contribution in [0.5, 0.6) is 0 Å². The number of fused-ring (bicyclic) bond motifs is 1. The van der Waals surface area contributed by atoms with Crippen LogP contribution in [0.3, 0.4) is 0 Å². The molecule has 5 heteroatoms. The second kappa shape index (κ2) is 3.68. The molecule has 2 heterocycles. The molecule has 2 aromatic heterocycles. The first-order chi connectivity index (χ1) is 7.24. The zero-order chi connectivity index (χ0) is 10.8. The molecule has 0 aliphatic heterocycles. The Kier molecular flexibility index (Phi) is 2.37. The predicted octanol–water partition coefficient (Wildman–Crippen LogP) is 0.495. The summed E-state index contributed by atoms with van der Waals surface area (Å²) < 4.78 is 1.48. The summed E-state index contributed by atoms with van der Waals surface area (Å²) in [6.07, 6.45) is 2.39. The minimum absolute atomic E-state index is 0.379. The fourth-order valence-electron chi connectivity index (χ4n) is 1.55. The van der Waals surface area contributed by atoms with Gasteiger partial charge in [-0.3, -0.25) is 14.3 Å². The molecule has 5 nitrogen and oxygen atoms in total. The number of hydrogen-bond acceptors (Lipinski definition) is 3. The average Bonchev–Trinajstić information content (AvgIpc) is 2.24. The van der Waals surface area contributed by atoms with E-state index in [2.05, 4.69) is 9.97 Å². The monoisotopic (exact) mass is 205 g/mol. The lowest BCUT2D eigenvalue weighted by atomic mass is 10.3. The molecule has 15 heavy (non-hydrogen) atoms. The molecule has 2 rings (SSSR count). The second-order valence-corrected chi connectivity index (χ2v) is 3.29. The van der Waals surface area contributed by atoms with Crippen molar-refractivity contribution in [2.75, 3.05) is 0 Å². The molecule has 1 N–H and O–H groups in total. The molecular weight excluding hydrogens is 194 g/mol. The molecule has 0 aliphatic carbocycles. The van der Waals surface area contributed by atoms with Gasteiger partial charge >= 0.3 is 5.69 Å². The average molecular weight is 205 g/mol. The molecule has 0 aromatic carbocycles. The highest BCUT2D eigenvalue weighted by Crippen LogP contribution is 2.02. The Labute approximate surface area is 85.4 Å². The third kappa shape index (κ3) is 1.56. The first kappa shape index (κ1) is 9.64. The second-order valence-electron chi connectivity index (χ2n) is 3.29. The highest BCUT2D eigenvalue weighted by atomic mass is 16.2. The van der Waals surface area contributed by atoms with Crippen molar-refractivity contribution < 1.29 is 0 Å². The van der Waals surface area contributed by atoms with Crippen LogP contribution in [0.25, 0.3) is 11.0 Å². The van der Waals surface area contributed by atoms with Crippen LogP contribution in [-0.4, -0.2) is 14.5 Å². The third-order valence-corrected chi connectivity index (χ3v) is 2.20. The zero-order valence-electron chi connectivity index (χ0n) is 8.36. The van der Waals surface area contributed by atoms with Crippen molar-refractivity contribution in [3.63, 3.8) is 0 Å². The quantitative estimate of drug-likeness (QED) is 0.776. The molecular formula is C10H11N3O2.